The van der Waals surface area contributed by atoms with Gasteiger partial charge in [-0.15, -0.1) is 0 Å². The van der Waals surface area contributed by atoms with E-state index in [1.54, 1.807) is 0 Å². The van der Waals surface area contributed by atoms with Crippen LogP contribution in [0.4, 0.5) is 11.4 Å². The fraction of sp³-hybridized carbons (Fsp3) is 0.647. The highest BCUT2D eigenvalue weighted by molar-refractivity contribution is 5.62. The molecular weight excluding hydrogens is 248 g/mol. The Morgan fingerprint density at radius 1 is 1.25 bits per heavy atom. The fourth-order valence-corrected chi connectivity index (χ4v) is 3.10. The van der Waals surface area contributed by atoms with Gasteiger partial charge in [-0.2, -0.15) is 0 Å². The van der Waals surface area contributed by atoms with E-state index in [0.717, 1.165) is 18.0 Å². The molecule has 0 spiro atoms. The lowest BCUT2D eigenvalue weighted by Crippen LogP contribution is -2.36. The van der Waals surface area contributed by atoms with Crippen molar-refractivity contribution in [3.8, 4) is 5.75 Å². The van der Waals surface area contributed by atoms with Crippen molar-refractivity contribution in [2.45, 2.75) is 65.0 Å². The molecule has 0 aliphatic heterocycles. The summed E-state index contributed by atoms with van der Waals surface area (Å²) in [5.74, 6) is 0.812. The molecule has 1 aromatic rings. The first-order valence-corrected chi connectivity index (χ1v) is 7.94. The average Bonchev–Trinajstić information content (AvgIpc) is 2.44. The summed E-state index contributed by atoms with van der Waals surface area (Å²) < 4.78 is 5.82. The molecule has 1 aromatic carbocycles. The molecular formula is C17H28N2O. The molecule has 0 aromatic heterocycles. The summed E-state index contributed by atoms with van der Waals surface area (Å²) >= 11 is 0. The smallest absolute Gasteiger partial charge is 0.144 e. The third kappa shape index (κ3) is 3.59. The predicted molar refractivity (Wildman–Crippen MR) is 86.5 cm³/mol. The van der Waals surface area contributed by atoms with Crippen LogP contribution in [-0.2, 0) is 0 Å². The second-order valence-electron chi connectivity index (χ2n) is 5.97. The molecule has 1 fully saturated rings. The number of hydrogen-bond acceptors (Lipinski definition) is 3. The van der Waals surface area contributed by atoms with Gasteiger partial charge in [-0.05, 0) is 45.7 Å². The maximum atomic E-state index is 6.01. The van der Waals surface area contributed by atoms with E-state index in [1.807, 2.05) is 19.9 Å². The zero-order valence-corrected chi connectivity index (χ0v) is 13.1. The van der Waals surface area contributed by atoms with Crippen LogP contribution in [-0.4, -0.2) is 18.7 Å². The number of anilines is 2. The van der Waals surface area contributed by atoms with Crippen LogP contribution in [0, 0.1) is 0 Å². The topological polar surface area (TPSA) is 38.5 Å². The molecule has 2 rings (SSSR count). The van der Waals surface area contributed by atoms with Crippen molar-refractivity contribution >= 4 is 11.4 Å². The van der Waals surface area contributed by atoms with Crippen molar-refractivity contribution in [2.75, 3.05) is 17.2 Å². The van der Waals surface area contributed by atoms with Crippen molar-refractivity contribution in [3.63, 3.8) is 0 Å². The van der Waals surface area contributed by atoms with Crippen molar-refractivity contribution in [3.05, 3.63) is 18.2 Å². The van der Waals surface area contributed by atoms with E-state index in [-0.39, 0.29) is 6.10 Å². The highest BCUT2D eigenvalue weighted by Gasteiger charge is 2.21. The third-order valence-corrected chi connectivity index (χ3v) is 4.05. The van der Waals surface area contributed by atoms with Gasteiger partial charge in [0.05, 0.1) is 11.8 Å². The molecule has 0 bridgehead atoms. The molecule has 3 heteroatoms. The highest BCUT2D eigenvalue weighted by atomic mass is 16.5. The highest BCUT2D eigenvalue weighted by Crippen LogP contribution is 2.32. The van der Waals surface area contributed by atoms with Crippen molar-refractivity contribution in [1.82, 2.24) is 0 Å². The lowest BCUT2D eigenvalue weighted by Gasteiger charge is -2.35. The first-order valence-electron chi connectivity index (χ1n) is 7.94. The van der Waals surface area contributed by atoms with Gasteiger partial charge in [0.1, 0.15) is 5.75 Å². The number of ether oxygens (including phenoxy) is 1. The molecule has 3 nitrogen and oxygen atoms in total. The maximum Gasteiger partial charge on any atom is 0.144 e. The monoisotopic (exact) mass is 276 g/mol. The molecule has 0 atom stereocenters. The molecule has 112 valence electrons. The second-order valence-corrected chi connectivity index (χ2v) is 5.97. The van der Waals surface area contributed by atoms with Crippen LogP contribution >= 0.6 is 0 Å². The van der Waals surface area contributed by atoms with Gasteiger partial charge in [-0.25, -0.2) is 0 Å². The lowest BCUT2D eigenvalue weighted by atomic mass is 9.94. The number of hydrogen-bond donors (Lipinski definition) is 1. The summed E-state index contributed by atoms with van der Waals surface area (Å²) in [6.45, 7) is 7.33. The number of benzene rings is 1. The Bertz CT molecular complexity index is 425. The Kier molecular flexibility index (Phi) is 5.16. The Balaban J connectivity index is 2.20. The second kappa shape index (κ2) is 6.87. The largest absolute Gasteiger partial charge is 0.489 e. The van der Waals surface area contributed by atoms with Gasteiger partial charge in [0.2, 0.25) is 0 Å². The van der Waals surface area contributed by atoms with E-state index in [0.29, 0.717) is 6.04 Å². The van der Waals surface area contributed by atoms with Gasteiger partial charge in [0, 0.05) is 24.3 Å². The maximum absolute atomic E-state index is 6.01. The molecule has 0 saturated heterocycles. The summed E-state index contributed by atoms with van der Waals surface area (Å²) in [7, 11) is 0. The van der Waals surface area contributed by atoms with Crippen molar-refractivity contribution in [2.24, 2.45) is 0 Å². The van der Waals surface area contributed by atoms with Gasteiger partial charge < -0.3 is 15.4 Å². The molecule has 20 heavy (non-hydrogen) atoms. The molecule has 0 radical (unpaired) electrons. The van der Waals surface area contributed by atoms with E-state index in [4.69, 9.17) is 10.5 Å². The van der Waals surface area contributed by atoms with E-state index in [9.17, 15) is 0 Å². The van der Waals surface area contributed by atoms with Gasteiger partial charge in [-0.3, -0.25) is 0 Å². The first-order chi connectivity index (χ1) is 9.61. The number of nitrogen functional groups attached to an aromatic ring is 1. The van der Waals surface area contributed by atoms with Crippen LogP contribution in [0.2, 0.25) is 0 Å². The average molecular weight is 276 g/mol. The van der Waals surface area contributed by atoms with Gasteiger partial charge >= 0.3 is 0 Å². The number of nitrogens with two attached hydrogens (primary N) is 1. The summed E-state index contributed by atoms with van der Waals surface area (Å²) in [6, 6.07) is 6.87. The number of nitrogens with zero attached hydrogens (tertiary/aromatic N) is 1. The fourth-order valence-electron chi connectivity index (χ4n) is 3.10. The van der Waals surface area contributed by atoms with E-state index >= 15 is 0 Å². The van der Waals surface area contributed by atoms with Crippen LogP contribution in [0.15, 0.2) is 18.2 Å². The molecule has 1 aliphatic carbocycles. The first kappa shape index (κ1) is 15.0. The van der Waals surface area contributed by atoms with Gasteiger partial charge in [0.25, 0.3) is 0 Å². The SMILES string of the molecule is CCN(c1ccc(N)c(OC(C)C)c1)C1CCCCC1. The molecule has 2 N–H and O–H groups in total. The van der Waals surface area contributed by atoms with Crippen LogP contribution in [0.3, 0.4) is 0 Å². The van der Waals surface area contributed by atoms with Crippen molar-refractivity contribution in [1.29, 1.82) is 0 Å². The summed E-state index contributed by atoms with van der Waals surface area (Å²) in [5.41, 5.74) is 7.98. The molecule has 0 heterocycles. The summed E-state index contributed by atoms with van der Waals surface area (Å²) in [5, 5.41) is 0. The normalized spacial score (nSPS) is 16.4. The molecule has 0 amide bonds. The van der Waals surface area contributed by atoms with Crippen LogP contribution in [0.25, 0.3) is 0 Å². The third-order valence-electron chi connectivity index (χ3n) is 4.05. The van der Waals surface area contributed by atoms with E-state index in [2.05, 4.69) is 24.0 Å². The van der Waals surface area contributed by atoms with Crippen LogP contribution in [0.5, 0.6) is 5.75 Å². The van der Waals surface area contributed by atoms with Gasteiger partial charge in [-0.1, -0.05) is 19.3 Å². The minimum absolute atomic E-state index is 0.150. The zero-order valence-electron chi connectivity index (χ0n) is 13.1. The van der Waals surface area contributed by atoms with Crippen molar-refractivity contribution < 1.29 is 4.74 Å². The Hall–Kier alpha value is -1.38. The summed E-state index contributed by atoms with van der Waals surface area (Å²) in [6.07, 6.45) is 6.85. The minimum Gasteiger partial charge on any atom is -0.489 e. The van der Waals surface area contributed by atoms with E-state index in [1.165, 1.54) is 37.8 Å². The molecule has 1 saturated carbocycles. The molecule has 0 unspecified atom stereocenters. The van der Waals surface area contributed by atoms with Gasteiger partial charge in [0.15, 0.2) is 0 Å². The minimum atomic E-state index is 0.150. The van der Waals surface area contributed by atoms with E-state index < -0.39 is 0 Å². The Morgan fingerprint density at radius 2 is 1.95 bits per heavy atom. The molecule has 1 aliphatic rings. The lowest BCUT2D eigenvalue weighted by molar-refractivity contribution is 0.244. The Morgan fingerprint density at radius 3 is 2.55 bits per heavy atom. The standard InChI is InChI=1S/C17H28N2O/c1-4-19(14-8-6-5-7-9-14)15-10-11-16(18)17(12-15)20-13(2)3/h10-14H,4-9,18H2,1-3H3. The van der Waals surface area contributed by atoms with Crippen LogP contribution in [0.1, 0.15) is 52.9 Å². The predicted octanol–water partition coefficient (Wildman–Crippen LogP) is 4.22. The zero-order chi connectivity index (χ0) is 14.5. The Labute approximate surface area is 123 Å². The number of rotatable bonds is 5. The van der Waals surface area contributed by atoms with Crippen LogP contribution < -0.4 is 15.4 Å². The quantitative estimate of drug-likeness (QED) is 0.818. The summed E-state index contributed by atoms with van der Waals surface area (Å²) in [4.78, 5) is 2.51.